The highest BCUT2D eigenvalue weighted by molar-refractivity contribution is 7.85. The lowest BCUT2D eigenvalue weighted by Gasteiger charge is -2.03. The first-order valence-electron chi connectivity index (χ1n) is 6.85. The van der Waals surface area contributed by atoms with Crippen LogP contribution in [-0.4, -0.2) is 22.8 Å². The Kier molecular flexibility index (Phi) is 3.67. The van der Waals surface area contributed by atoms with Crippen molar-refractivity contribution in [2.75, 3.05) is 5.73 Å². The molecule has 1 aromatic heterocycles. The van der Waals surface area contributed by atoms with Gasteiger partial charge in [0.05, 0.1) is 22.5 Å². The van der Waals surface area contributed by atoms with Gasteiger partial charge in [0.25, 0.3) is 10.1 Å². The fraction of sp³-hybridized carbons (Fsp3) is 0.0625. The smallest absolute Gasteiger partial charge is 0.294 e. The number of aryl methyl sites for hydroxylation is 1. The molecule has 0 aliphatic rings. The van der Waals surface area contributed by atoms with Crippen molar-refractivity contribution in [2.45, 2.75) is 11.8 Å². The van der Waals surface area contributed by atoms with Crippen molar-refractivity contribution in [1.82, 2.24) is 9.78 Å². The van der Waals surface area contributed by atoms with Gasteiger partial charge in [0.1, 0.15) is 5.69 Å². The second kappa shape index (κ2) is 5.53. The summed E-state index contributed by atoms with van der Waals surface area (Å²) in [5, 5.41) is 4.46. The first-order chi connectivity index (χ1) is 10.8. The summed E-state index contributed by atoms with van der Waals surface area (Å²) in [7, 11) is -4.21. The molecule has 23 heavy (non-hydrogen) atoms. The number of nitrogens with zero attached hydrogens (tertiary/aromatic N) is 2. The average Bonchev–Trinajstić information content (AvgIpc) is 2.88. The number of nitrogens with two attached hydrogens (primary N) is 1. The summed E-state index contributed by atoms with van der Waals surface area (Å²) >= 11 is 0. The minimum Gasteiger partial charge on any atom is -0.396 e. The van der Waals surface area contributed by atoms with Gasteiger partial charge in [-0.1, -0.05) is 23.8 Å². The van der Waals surface area contributed by atoms with E-state index >= 15 is 0 Å². The summed E-state index contributed by atoms with van der Waals surface area (Å²) in [6, 6.07) is 13.6. The quantitative estimate of drug-likeness (QED) is 0.720. The van der Waals surface area contributed by atoms with Crippen LogP contribution in [0.5, 0.6) is 0 Å². The number of benzene rings is 2. The molecule has 0 unspecified atom stereocenters. The summed E-state index contributed by atoms with van der Waals surface area (Å²) in [6.45, 7) is 1.99. The Labute approximate surface area is 133 Å². The lowest BCUT2D eigenvalue weighted by molar-refractivity contribution is 0.483. The van der Waals surface area contributed by atoms with E-state index in [1.807, 2.05) is 31.2 Å². The zero-order valence-corrected chi connectivity index (χ0v) is 13.2. The van der Waals surface area contributed by atoms with Gasteiger partial charge in [0.15, 0.2) is 0 Å². The Balaban J connectivity index is 2.01. The third kappa shape index (κ3) is 3.10. The first kappa shape index (κ1) is 15.3. The van der Waals surface area contributed by atoms with Gasteiger partial charge < -0.3 is 5.73 Å². The molecule has 3 aromatic rings. The van der Waals surface area contributed by atoms with Crippen LogP contribution in [0.3, 0.4) is 0 Å². The molecule has 6 nitrogen and oxygen atoms in total. The maximum Gasteiger partial charge on any atom is 0.294 e. The second-order valence-electron chi connectivity index (χ2n) is 5.22. The molecule has 0 aliphatic heterocycles. The Morgan fingerprint density at radius 2 is 1.83 bits per heavy atom. The molecule has 0 amide bonds. The molecule has 1 heterocycles. The topological polar surface area (TPSA) is 98.2 Å². The highest BCUT2D eigenvalue weighted by atomic mass is 32.2. The molecular weight excluding hydrogens is 314 g/mol. The third-order valence-electron chi connectivity index (χ3n) is 3.43. The van der Waals surface area contributed by atoms with Gasteiger partial charge >= 0.3 is 0 Å². The lowest BCUT2D eigenvalue weighted by atomic mass is 10.1. The zero-order valence-electron chi connectivity index (χ0n) is 12.3. The van der Waals surface area contributed by atoms with Crippen LogP contribution in [-0.2, 0) is 10.1 Å². The monoisotopic (exact) mass is 329 g/mol. The van der Waals surface area contributed by atoms with Gasteiger partial charge in [-0.15, -0.1) is 0 Å². The predicted octanol–water partition coefficient (Wildman–Crippen LogP) is 2.68. The molecule has 7 heteroatoms. The Morgan fingerprint density at radius 1 is 1.13 bits per heavy atom. The Morgan fingerprint density at radius 3 is 2.43 bits per heavy atom. The number of nitrogen functional groups attached to an aromatic ring is 1. The molecule has 0 radical (unpaired) electrons. The molecule has 0 aliphatic carbocycles. The van der Waals surface area contributed by atoms with Crippen molar-refractivity contribution in [1.29, 1.82) is 0 Å². The van der Waals surface area contributed by atoms with Crippen LogP contribution >= 0.6 is 0 Å². The lowest BCUT2D eigenvalue weighted by Crippen LogP contribution is -1.99. The van der Waals surface area contributed by atoms with E-state index in [-0.39, 0.29) is 4.90 Å². The van der Waals surface area contributed by atoms with E-state index in [9.17, 15) is 8.42 Å². The highest BCUT2D eigenvalue weighted by Crippen LogP contribution is 2.26. The molecule has 0 atom stereocenters. The Bertz CT molecular complexity index is 960. The minimum atomic E-state index is -4.21. The van der Waals surface area contributed by atoms with Gasteiger partial charge in [-0.25, -0.2) is 4.68 Å². The van der Waals surface area contributed by atoms with E-state index in [2.05, 4.69) is 5.10 Å². The van der Waals surface area contributed by atoms with Crippen LogP contribution in [0.2, 0.25) is 0 Å². The van der Waals surface area contributed by atoms with Gasteiger partial charge in [-0.2, -0.15) is 13.5 Å². The molecule has 0 spiro atoms. The van der Waals surface area contributed by atoms with Crippen molar-refractivity contribution in [3.63, 3.8) is 0 Å². The zero-order chi connectivity index (χ0) is 16.6. The Hall–Kier alpha value is -2.64. The number of hydrogen-bond acceptors (Lipinski definition) is 4. The van der Waals surface area contributed by atoms with Gasteiger partial charge in [0.2, 0.25) is 0 Å². The van der Waals surface area contributed by atoms with Crippen LogP contribution in [0.25, 0.3) is 16.9 Å². The number of hydrogen-bond donors (Lipinski definition) is 2. The standard InChI is InChI=1S/C16H15N3O3S/c1-11-3-2-4-12(9-11)16-15(17)10-19(18-16)13-5-7-14(8-6-13)23(20,21)22/h2-10H,17H2,1H3,(H,20,21,22). The number of anilines is 1. The summed E-state index contributed by atoms with van der Waals surface area (Å²) in [5.41, 5.74) is 9.88. The fourth-order valence-corrected chi connectivity index (χ4v) is 2.79. The number of rotatable bonds is 3. The summed E-state index contributed by atoms with van der Waals surface area (Å²) < 4.78 is 32.7. The summed E-state index contributed by atoms with van der Waals surface area (Å²) in [6.07, 6.45) is 1.67. The minimum absolute atomic E-state index is 0.166. The number of aromatic nitrogens is 2. The van der Waals surface area contributed by atoms with Crippen molar-refractivity contribution in [2.24, 2.45) is 0 Å². The van der Waals surface area contributed by atoms with Crippen molar-refractivity contribution in [3.8, 4) is 16.9 Å². The van der Waals surface area contributed by atoms with Crippen LogP contribution in [0, 0.1) is 6.92 Å². The van der Waals surface area contributed by atoms with E-state index in [0.717, 1.165) is 11.1 Å². The maximum atomic E-state index is 11.1. The average molecular weight is 329 g/mol. The van der Waals surface area contributed by atoms with Gasteiger partial charge in [-0.05, 0) is 37.3 Å². The molecule has 0 bridgehead atoms. The molecule has 3 N–H and O–H groups in total. The van der Waals surface area contributed by atoms with E-state index < -0.39 is 10.1 Å². The highest BCUT2D eigenvalue weighted by Gasteiger charge is 2.12. The largest absolute Gasteiger partial charge is 0.396 e. The normalized spacial score (nSPS) is 11.6. The van der Waals surface area contributed by atoms with Crippen LogP contribution < -0.4 is 5.73 Å². The van der Waals surface area contributed by atoms with E-state index in [4.69, 9.17) is 10.3 Å². The van der Waals surface area contributed by atoms with E-state index in [0.29, 0.717) is 17.1 Å². The summed E-state index contributed by atoms with van der Waals surface area (Å²) in [5.74, 6) is 0. The third-order valence-corrected chi connectivity index (χ3v) is 4.30. The van der Waals surface area contributed by atoms with E-state index in [1.54, 1.807) is 23.0 Å². The molecule has 0 saturated carbocycles. The van der Waals surface area contributed by atoms with Crippen molar-refractivity contribution < 1.29 is 13.0 Å². The molecule has 2 aromatic carbocycles. The SMILES string of the molecule is Cc1cccc(-c2nn(-c3ccc(S(=O)(=O)O)cc3)cc2N)c1. The molecule has 118 valence electrons. The fourth-order valence-electron chi connectivity index (χ4n) is 2.31. The van der Waals surface area contributed by atoms with Crippen molar-refractivity contribution in [3.05, 3.63) is 60.3 Å². The molecule has 0 saturated heterocycles. The van der Waals surface area contributed by atoms with Crippen LogP contribution in [0.1, 0.15) is 5.56 Å². The predicted molar refractivity (Wildman–Crippen MR) is 88.0 cm³/mol. The van der Waals surface area contributed by atoms with Crippen LogP contribution in [0.4, 0.5) is 5.69 Å². The molecule has 0 fully saturated rings. The van der Waals surface area contributed by atoms with Gasteiger partial charge in [0, 0.05) is 5.56 Å². The summed E-state index contributed by atoms with van der Waals surface area (Å²) in [4.78, 5) is -0.166. The molecule has 3 rings (SSSR count). The van der Waals surface area contributed by atoms with Crippen molar-refractivity contribution >= 4 is 15.8 Å². The second-order valence-corrected chi connectivity index (χ2v) is 6.64. The first-order valence-corrected chi connectivity index (χ1v) is 8.29. The molecular formula is C16H15N3O3S. The van der Waals surface area contributed by atoms with Crippen LogP contribution in [0.15, 0.2) is 59.6 Å². The van der Waals surface area contributed by atoms with E-state index in [1.165, 1.54) is 12.1 Å². The maximum absolute atomic E-state index is 11.1. The van der Waals surface area contributed by atoms with Gasteiger partial charge in [-0.3, -0.25) is 4.55 Å².